The summed E-state index contributed by atoms with van der Waals surface area (Å²) in [4.78, 5) is 0. The van der Waals surface area contributed by atoms with Crippen molar-refractivity contribution in [1.29, 1.82) is 0 Å². The summed E-state index contributed by atoms with van der Waals surface area (Å²) in [5.41, 5.74) is 0. The molecule has 0 bridgehead atoms. The maximum absolute atomic E-state index is 5.60. The molecule has 0 saturated carbocycles. The van der Waals surface area contributed by atoms with E-state index in [-0.39, 0.29) is 18.5 Å². The highest BCUT2D eigenvalue weighted by Gasteiger charge is 2.29. The van der Waals surface area contributed by atoms with Crippen LogP contribution in [-0.2, 0) is 18.9 Å². The third-order valence-corrected chi connectivity index (χ3v) is 2.55. The van der Waals surface area contributed by atoms with Gasteiger partial charge in [-0.3, -0.25) is 0 Å². The Bertz CT molecular complexity index is 207. The van der Waals surface area contributed by atoms with Gasteiger partial charge < -0.3 is 18.9 Å². The molecule has 1 aliphatic heterocycles. The predicted molar refractivity (Wildman–Crippen MR) is 55.1 cm³/mol. The highest BCUT2D eigenvalue weighted by atomic mass is 16.7. The van der Waals surface area contributed by atoms with Crippen LogP contribution in [0.3, 0.4) is 0 Å². The molecule has 0 aromatic rings. The molecule has 0 N–H and O–H groups in total. The highest BCUT2D eigenvalue weighted by molar-refractivity contribution is 4.81. The largest absolute Gasteiger partial charge is 0.441 e. The lowest BCUT2D eigenvalue weighted by Gasteiger charge is -2.31. The molecule has 1 rings (SSSR count). The molecule has 86 valence electrons. The summed E-state index contributed by atoms with van der Waals surface area (Å²) in [6.07, 6.45) is 9.53. The number of hydrogen-bond donors (Lipinski definition) is 0. The minimum atomic E-state index is -0.267. The Hall–Kier alpha value is -0.760. The molecule has 2 atom stereocenters. The molecule has 1 heterocycles. The van der Waals surface area contributed by atoms with E-state index in [9.17, 15) is 0 Å². The SMILES string of the molecule is C#CO[C@@H]1CCCO[C@H]1CC(OC)OC. The second kappa shape index (κ2) is 6.67. The number of ether oxygens (including phenoxy) is 4. The van der Waals surface area contributed by atoms with Crippen LogP contribution >= 0.6 is 0 Å². The fourth-order valence-electron chi connectivity index (χ4n) is 1.73. The number of rotatable bonds is 5. The number of methoxy groups -OCH3 is 2. The molecule has 0 aromatic carbocycles. The van der Waals surface area contributed by atoms with E-state index in [0.717, 1.165) is 19.4 Å². The molecule has 0 amide bonds. The minimum Gasteiger partial charge on any atom is -0.441 e. The molecule has 0 aromatic heterocycles. The standard InChI is InChI=1S/C11H18O4/c1-4-14-9-6-5-7-15-10(9)8-11(12-2)13-3/h1,9-11H,5-8H2,2-3H3/t9-,10+/m1/s1. The van der Waals surface area contributed by atoms with Crippen molar-refractivity contribution in [3.05, 3.63) is 0 Å². The van der Waals surface area contributed by atoms with Gasteiger partial charge in [0.05, 0.1) is 0 Å². The molecule has 1 aliphatic rings. The van der Waals surface area contributed by atoms with Crippen molar-refractivity contribution in [3.8, 4) is 12.5 Å². The van der Waals surface area contributed by atoms with Gasteiger partial charge in [0.15, 0.2) is 6.29 Å². The Balaban J connectivity index is 2.45. The van der Waals surface area contributed by atoms with Gasteiger partial charge in [0, 0.05) is 27.2 Å². The van der Waals surface area contributed by atoms with Gasteiger partial charge >= 0.3 is 0 Å². The zero-order chi connectivity index (χ0) is 11.1. The Labute approximate surface area is 90.8 Å². The summed E-state index contributed by atoms with van der Waals surface area (Å²) in [5, 5.41) is 0. The van der Waals surface area contributed by atoms with Gasteiger partial charge in [0.2, 0.25) is 0 Å². The summed E-state index contributed by atoms with van der Waals surface area (Å²) in [5.74, 6) is 0. The van der Waals surface area contributed by atoms with E-state index in [1.54, 1.807) is 14.2 Å². The molecule has 0 spiro atoms. The van der Waals surface area contributed by atoms with Crippen LogP contribution in [0, 0.1) is 12.5 Å². The molecular formula is C11H18O4. The first kappa shape index (κ1) is 12.3. The van der Waals surface area contributed by atoms with E-state index in [1.165, 1.54) is 0 Å². The first-order valence-electron chi connectivity index (χ1n) is 5.10. The molecule has 1 saturated heterocycles. The quantitative estimate of drug-likeness (QED) is 0.508. The minimum absolute atomic E-state index is 0.0419. The van der Waals surface area contributed by atoms with Crippen LogP contribution in [0.2, 0.25) is 0 Å². The van der Waals surface area contributed by atoms with Crippen molar-refractivity contribution in [2.45, 2.75) is 37.8 Å². The Morgan fingerprint density at radius 3 is 2.80 bits per heavy atom. The van der Waals surface area contributed by atoms with Gasteiger partial charge in [-0.25, -0.2) is 0 Å². The van der Waals surface area contributed by atoms with Crippen molar-refractivity contribution in [3.63, 3.8) is 0 Å². The third kappa shape index (κ3) is 3.71. The molecule has 0 unspecified atom stereocenters. The average molecular weight is 214 g/mol. The van der Waals surface area contributed by atoms with Gasteiger partial charge in [-0.2, -0.15) is 0 Å². The summed E-state index contributed by atoms with van der Waals surface area (Å²) < 4.78 is 21.0. The van der Waals surface area contributed by atoms with Crippen molar-refractivity contribution in [2.75, 3.05) is 20.8 Å². The van der Waals surface area contributed by atoms with Crippen molar-refractivity contribution < 1.29 is 18.9 Å². The van der Waals surface area contributed by atoms with Crippen LogP contribution in [-0.4, -0.2) is 39.3 Å². The number of hydrogen-bond acceptors (Lipinski definition) is 4. The van der Waals surface area contributed by atoms with Crippen LogP contribution in [0.5, 0.6) is 0 Å². The molecule has 1 fully saturated rings. The molecule has 15 heavy (non-hydrogen) atoms. The van der Waals surface area contributed by atoms with Gasteiger partial charge in [0.25, 0.3) is 0 Å². The second-order valence-corrected chi connectivity index (χ2v) is 3.46. The Morgan fingerprint density at radius 1 is 1.47 bits per heavy atom. The monoisotopic (exact) mass is 214 g/mol. The lowest BCUT2D eigenvalue weighted by molar-refractivity contribution is -0.155. The normalized spacial score (nSPS) is 26.3. The summed E-state index contributed by atoms with van der Waals surface area (Å²) in [7, 11) is 3.21. The lowest BCUT2D eigenvalue weighted by Crippen LogP contribution is -2.38. The van der Waals surface area contributed by atoms with E-state index < -0.39 is 0 Å². The smallest absolute Gasteiger partial charge is 0.159 e. The summed E-state index contributed by atoms with van der Waals surface area (Å²) in [6.45, 7) is 0.745. The molecule has 0 aliphatic carbocycles. The van der Waals surface area contributed by atoms with Crippen molar-refractivity contribution in [1.82, 2.24) is 0 Å². The topological polar surface area (TPSA) is 36.9 Å². The Kier molecular flexibility index (Phi) is 5.48. The van der Waals surface area contributed by atoms with Crippen LogP contribution in [0.4, 0.5) is 0 Å². The van der Waals surface area contributed by atoms with Gasteiger partial charge in [-0.05, 0) is 12.8 Å². The van der Waals surface area contributed by atoms with Crippen LogP contribution < -0.4 is 0 Å². The summed E-state index contributed by atoms with van der Waals surface area (Å²) in [6, 6.07) is 0. The van der Waals surface area contributed by atoms with E-state index in [4.69, 9.17) is 25.4 Å². The fourth-order valence-corrected chi connectivity index (χ4v) is 1.73. The first-order valence-corrected chi connectivity index (χ1v) is 5.10. The number of terminal acetylenes is 1. The van der Waals surface area contributed by atoms with E-state index in [1.807, 2.05) is 0 Å². The second-order valence-electron chi connectivity index (χ2n) is 3.46. The predicted octanol–water partition coefficient (Wildman–Crippen LogP) is 1.15. The van der Waals surface area contributed by atoms with Gasteiger partial charge in [0.1, 0.15) is 18.3 Å². The first-order chi connectivity index (χ1) is 7.31. The van der Waals surface area contributed by atoms with Gasteiger partial charge in [-0.15, -0.1) is 0 Å². The maximum atomic E-state index is 5.60. The van der Waals surface area contributed by atoms with Gasteiger partial charge in [-0.1, -0.05) is 6.42 Å². The zero-order valence-corrected chi connectivity index (χ0v) is 9.27. The van der Waals surface area contributed by atoms with E-state index in [2.05, 4.69) is 6.11 Å². The van der Waals surface area contributed by atoms with Crippen LogP contribution in [0.15, 0.2) is 0 Å². The Morgan fingerprint density at radius 2 is 2.20 bits per heavy atom. The molecule has 4 nitrogen and oxygen atoms in total. The van der Waals surface area contributed by atoms with Crippen LogP contribution in [0.1, 0.15) is 19.3 Å². The molecule has 4 heteroatoms. The van der Waals surface area contributed by atoms with Crippen LogP contribution in [0.25, 0.3) is 0 Å². The van der Waals surface area contributed by atoms with E-state index in [0.29, 0.717) is 6.42 Å². The van der Waals surface area contributed by atoms with Crippen molar-refractivity contribution in [2.24, 2.45) is 0 Å². The zero-order valence-electron chi connectivity index (χ0n) is 9.27. The van der Waals surface area contributed by atoms with E-state index >= 15 is 0 Å². The molecule has 0 radical (unpaired) electrons. The lowest BCUT2D eigenvalue weighted by atomic mass is 10.0. The maximum Gasteiger partial charge on any atom is 0.159 e. The highest BCUT2D eigenvalue weighted by Crippen LogP contribution is 2.21. The fraction of sp³-hybridized carbons (Fsp3) is 0.818. The third-order valence-electron chi connectivity index (χ3n) is 2.55. The molecular weight excluding hydrogens is 196 g/mol. The average Bonchev–Trinajstić information content (AvgIpc) is 2.28. The van der Waals surface area contributed by atoms with Crippen molar-refractivity contribution >= 4 is 0 Å². The summed E-state index contributed by atoms with van der Waals surface area (Å²) >= 11 is 0.